The van der Waals surface area contributed by atoms with E-state index in [0.717, 1.165) is 17.2 Å². The minimum atomic E-state index is 0.785. The summed E-state index contributed by atoms with van der Waals surface area (Å²) < 4.78 is 0. The number of benzene rings is 1. The Morgan fingerprint density at radius 3 is 2.12 bits per heavy atom. The van der Waals surface area contributed by atoms with E-state index in [-0.39, 0.29) is 0 Å². The molecule has 0 aliphatic heterocycles. The van der Waals surface area contributed by atoms with Crippen LogP contribution in [-0.4, -0.2) is 5.33 Å². The lowest BCUT2D eigenvalue weighted by atomic mass is 9.88. The molecule has 0 heterocycles. The fourth-order valence-electron chi connectivity index (χ4n) is 2.24. The van der Waals surface area contributed by atoms with Gasteiger partial charge in [0, 0.05) is 5.33 Å². The Hall–Kier alpha value is -0.300. The number of halogens is 1. The van der Waals surface area contributed by atoms with Crippen LogP contribution >= 0.6 is 15.9 Å². The topological polar surface area (TPSA) is 0 Å². The molecule has 0 nitrogen and oxygen atoms in total. The molecule has 1 atom stereocenters. The van der Waals surface area contributed by atoms with Gasteiger partial charge in [-0.25, -0.2) is 0 Å². The highest BCUT2D eigenvalue weighted by molar-refractivity contribution is 9.09. The first kappa shape index (κ1) is 13.8. The van der Waals surface area contributed by atoms with Crippen molar-refractivity contribution < 1.29 is 0 Å². The summed E-state index contributed by atoms with van der Waals surface area (Å²) in [7, 11) is 0. The molecule has 16 heavy (non-hydrogen) atoms. The molecule has 0 saturated carbocycles. The van der Waals surface area contributed by atoms with Crippen molar-refractivity contribution in [2.75, 3.05) is 5.33 Å². The SMILES string of the molecule is CCC(CC)CC(CBr)Cc1ccccc1. The highest BCUT2D eigenvalue weighted by atomic mass is 79.9. The molecule has 90 valence electrons. The van der Waals surface area contributed by atoms with E-state index < -0.39 is 0 Å². The van der Waals surface area contributed by atoms with Crippen molar-refractivity contribution in [2.24, 2.45) is 11.8 Å². The zero-order valence-corrected chi connectivity index (χ0v) is 12.0. The van der Waals surface area contributed by atoms with Crippen LogP contribution < -0.4 is 0 Å². The van der Waals surface area contributed by atoms with Crippen molar-refractivity contribution in [3.05, 3.63) is 35.9 Å². The summed E-state index contributed by atoms with van der Waals surface area (Å²) in [4.78, 5) is 0. The van der Waals surface area contributed by atoms with E-state index in [0.29, 0.717) is 0 Å². The van der Waals surface area contributed by atoms with Gasteiger partial charge >= 0.3 is 0 Å². The van der Waals surface area contributed by atoms with Crippen LogP contribution in [0.3, 0.4) is 0 Å². The largest absolute Gasteiger partial charge is 0.0925 e. The maximum absolute atomic E-state index is 3.66. The Morgan fingerprint density at radius 1 is 1.00 bits per heavy atom. The third kappa shape index (κ3) is 4.69. The Kier molecular flexibility index (Phi) is 6.79. The van der Waals surface area contributed by atoms with Crippen LogP contribution in [0.15, 0.2) is 30.3 Å². The second kappa shape index (κ2) is 7.89. The van der Waals surface area contributed by atoms with Crippen LogP contribution in [0.1, 0.15) is 38.7 Å². The van der Waals surface area contributed by atoms with Crippen molar-refractivity contribution in [3.63, 3.8) is 0 Å². The van der Waals surface area contributed by atoms with Crippen LogP contribution in [0.5, 0.6) is 0 Å². The molecule has 0 aromatic heterocycles. The molecule has 1 aromatic rings. The van der Waals surface area contributed by atoms with Gasteiger partial charge in [-0.3, -0.25) is 0 Å². The Morgan fingerprint density at radius 2 is 1.62 bits per heavy atom. The van der Waals surface area contributed by atoms with Crippen molar-refractivity contribution in [1.29, 1.82) is 0 Å². The first-order valence-electron chi connectivity index (χ1n) is 6.40. The van der Waals surface area contributed by atoms with E-state index in [1.54, 1.807) is 0 Å². The minimum absolute atomic E-state index is 0.785. The first-order valence-corrected chi connectivity index (χ1v) is 7.52. The summed E-state index contributed by atoms with van der Waals surface area (Å²) >= 11 is 3.66. The quantitative estimate of drug-likeness (QED) is 0.613. The molecule has 1 unspecified atom stereocenters. The second-order valence-electron chi connectivity index (χ2n) is 4.63. The van der Waals surface area contributed by atoms with Gasteiger partial charge in [-0.1, -0.05) is 73.0 Å². The molecule has 0 fully saturated rings. The zero-order valence-electron chi connectivity index (χ0n) is 10.5. The predicted octanol–water partition coefficient (Wildman–Crippen LogP) is 5.07. The lowest BCUT2D eigenvalue weighted by Crippen LogP contribution is -2.12. The standard InChI is InChI=1S/C15H23Br/c1-3-13(4-2)10-15(12-16)11-14-8-6-5-7-9-14/h5-9,13,15H,3-4,10-12H2,1-2H3. The Balaban J connectivity index is 2.49. The second-order valence-corrected chi connectivity index (χ2v) is 5.28. The molecule has 0 amide bonds. The molecule has 0 N–H and O–H groups in total. The summed E-state index contributed by atoms with van der Waals surface area (Å²) in [5, 5.41) is 1.12. The lowest BCUT2D eigenvalue weighted by molar-refractivity contribution is 0.375. The highest BCUT2D eigenvalue weighted by Gasteiger charge is 2.13. The maximum atomic E-state index is 3.66. The average molecular weight is 283 g/mol. The van der Waals surface area contributed by atoms with Gasteiger partial charge in [0.05, 0.1) is 0 Å². The van der Waals surface area contributed by atoms with Crippen molar-refractivity contribution in [1.82, 2.24) is 0 Å². The summed E-state index contributed by atoms with van der Waals surface area (Å²) in [5.41, 5.74) is 1.47. The molecule has 0 aliphatic rings. The van der Waals surface area contributed by atoms with Crippen molar-refractivity contribution >= 4 is 15.9 Å². The molecule has 1 rings (SSSR count). The van der Waals surface area contributed by atoms with Gasteiger partial charge in [-0.2, -0.15) is 0 Å². The van der Waals surface area contributed by atoms with Gasteiger partial charge in [0.25, 0.3) is 0 Å². The fourth-order valence-corrected chi connectivity index (χ4v) is 2.73. The van der Waals surface area contributed by atoms with E-state index >= 15 is 0 Å². The van der Waals surface area contributed by atoms with Crippen LogP contribution in [-0.2, 0) is 6.42 Å². The van der Waals surface area contributed by atoms with E-state index in [4.69, 9.17) is 0 Å². The van der Waals surface area contributed by atoms with E-state index in [1.807, 2.05) is 0 Å². The summed E-state index contributed by atoms with van der Waals surface area (Å²) in [5.74, 6) is 1.68. The normalized spacial score (nSPS) is 13.0. The minimum Gasteiger partial charge on any atom is -0.0925 e. The van der Waals surface area contributed by atoms with Gasteiger partial charge in [0.2, 0.25) is 0 Å². The number of rotatable bonds is 7. The van der Waals surface area contributed by atoms with Crippen LogP contribution in [0, 0.1) is 11.8 Å². The molecule has 0 spiro atoms. The maximum Gasteiger partial charge on any atom is 0.00629 e. The van der Waals surface area contributed by atoms with Crippen molar-refractivity contribution in [3.8, 4) is 0 Å². The Bertz CT molecular complexity index is 264. The van der Waals surface area contributed by atoms with E-state index in [9.17, 15) is 0 Å². The zero-order chi connectivity index (χ0) is 11.8. The summed E-state index contributed by atoms with van der Waals surface area (Å²) in [6.45, 7) is 4.62. The monoisotopic (exact) mass is 282 g/mol. The van der Waals surface area contributed by atoms with Crippen molar-refractivity contribution in [2.45, 2.75) is 39.5 Å². The van der Waals surface area contributed by atoms with Gasteiger partial charge in [0.15, 0.2) is 0 Å². The fraction of sp³-hybridized carbons (Fsp3) is 0.600. The van der Waals surface area contributed by atoms with Crippen LogP contribution in [0.4, 0.5) is 0 Å². The summed E-state index contributed by atoms with van der Waals surface area (Å²) in [6, 6.07) is 10.8. The van der Waals surface area contributed by atoms with Gasteiger partial charge in [0.1, 0.15) is 0 Å². The third-order valence-corrected chi connectivity index (χ3v) is 4.32. The first-order chi connectivity index (χ1) is 7.80. The van der Waals surface area contributed by atoms with Gasteiger partial charge in [-0.15, -0.1) is 0 Å². The number of hydrogen-bond acceptors (Lipinski definition) is 0. The van der Waals surface area contributed by atoms with Crippen LogP contribution in [0.25, 0.3) is 0 Å². The molecule has 0 bridgehead atoms. The summed E-state index contributed by atoms with van der Waals surface area (Å²) in [6.07, 6.45) is 5.19. The molecular formula is C15H23Br. The van der Waals surface area contributed by atoms with E-state index in [1.165, 1.54) is 31.2 Å². The molecule has 1 aromatic carbocycles. The van der Waals surface area contributed by atoms with Gasteiger partial charge in [-0.05, 0) is 30.2 Å². The smallest absolute Gasteiger partial charge is 0.00629 e. The van der Waals surface area contributed by atoms with E-state index in [2.05, 4.69) is 60.1 Å². The molecule has 0 radical (unpaired) electrons. The molecule has 0 aliphatic carbocycles. The molecule has 0 saturated heterocycles. The number of hydrogen-bond donors (Lipinski definition) is 0. The molecular weight excluding hydrogens is 260 g/mol. The lowest BCUT2D eigenvalue weighted by Gasteiger charge is -2.20. The van der Waals surface area contributed by atoms with Crippen LogP contribution in [0.2, 0.25) is 0 Å². The highest BCUT2D eigenvalue weighted by Crippen LogP contribution is 2.23. The molecule has 1 heteroatoms. The predicted molar refractivity (Wildman–Crippen MR) is 76.1 cm³/mol. The third-order valence-electron chi connectivity index (χ3n) is 3.41. The average Bonchev–Trinajstić information content (AvgIpc) is 2.35. The van der Waals surface area contributed by atoms with Gasteiger partial charge < -0.3 is 0 Å². The number of alkyl halides is 1. The Labute approximate surface area is 109 Å².